The second-order valence-electron chi connectivity index (χ2n) is 16.1. The zero-order chi connectivity index (χ0) is 43.2. The van der Waals surface area contributed by atoms with Crippen molar-refractivity contribution < 1.29 is 38.3 Å². The van der Waals surface area contributed by atoms with Crippen molar-refractivity contribution in [2.75, 3.05) is 69.5 Å². The number of fused-ring (bicyclic) bond motifs is 2. The van der Waals surface area contributed by atoms with Gasteiger partial charge >= 0.3 is 0 Å². The van der Waals surface area contributed by atoms with E-state index in [9.17, 15) is 38.3 Å². The Bertz CT molecular complexity index is 2230. The topological polar surface area (TPSA) is 208 Å². The Hall–Kier alpha value is -5.91. The van der Waals surface area contributed by atoms with Gasteiger partial charge in [-0.2, -0.15) is 0 Å². The third-order valence-electron chi connectivity index (χ3n) is 11.9. The first kappa shape index (κ1) is 43.2. The lowest BCUT2D eigenvalue weighted by Crippen LogP contribution is -2.53. The number of nitrogens with zero attached hydrogens (tertiary/aromatic N) is 3. The molecule has 16 nitrogen and oxygen atoms in total. The van der Waals surface area contributed by atoms with Crippen molar-refractivity contribution in [3.8, 4) is 0 Å². The average molecular weight is 840 g/mol. The van der Waals surface area contributed by atoms with Gasteiger partial charge in [0, 0.05) is 99.1 Å². The van der Waals surface area contributed by atoms with E-state index in [4.69, 9.17) is 0 Å². The number of unbranched alkanes of at least 4 members (excludes halogenated alkanes) is 2. The molecule has 3 aromatic rings. The summed E-state index contributed by atoms with van der Waals surface area (Å²) < 4.78 is 13.9. The zero-order valence-corrected chi connectivity index (χ0v) is 34.6. The van der Waals surface area contributed by atoms with Crippen LogP contribution in [0.15, 0.2) is 36.4 Å². The summed E-state index contributed by atoms with van der Waals surface area (Å²) in [7, 11) is 0. The highest BCUT2D eigenvalue weighted by Gasteiger charge is 2.45. The van der Waals surface area contributed by atoms with Crippen LogP contribution in [0.5, 0.6) is 0 Å². The fourth-order valence-electron chi connectivity index (χ4n) is 8.61. The number of hydrogen-bond acceptors (Lipinski definition) is 10. The van der Waals surface area contributed by atoms with Crippen LogP contribution in [0.2, 0.25) is 0 Å². The quantitative estimate of drug-likeness (QED) is 0.0601. The Balaban J connectivity index is 0.737. The highest BCUT2D eigenvalue weighted by atomic mass is 19.1. The SMILES string of the molecule is Cc1[nH]c(/C=C2\C(=O)Nc3ccc(F)cc32)c(C)c1C(=O)NCCCN1CCN(CCNC(=O)CCCCCNc2cccc3c2C(=O)N(C2CCC(=O)NC2=O)C3O)CC1. The van der Waals surface area contributed by atoms with E-state index in [1.165, 1.54) is 18.2 Å². The molecule has 0 aliphatic carbocycles. The maximum absolute atomic E-state index is 13.9. The molecule has 4 aliphatic rings. The van der Waals surface area contributed by atoms with Gasteiger partial charge in [0.2, 0.25) is 17.7 Å². The van der Waals surface area contributed by atoms with E-state index in [1.54, 1.807) is 24.3 Å². The van der Waals surface area contributed by atoms with E-state index in [2.05, 4.69) is 41.4 Å². The maximum atomic E-state index is 13.9. The Morgan fingerprint density at radius 1 is 0.902 bits per heavy atom. The summed E-state index contributed by atoms with van der Waals surface area (Å²) in [5.41, 5.74) is 5.29. The van der Waals surface area contributed by atoms with E-state index >= 15 is 0 Å². The summed E-state index contributed by atoms with van der Waals surface area (Å²) >= 11 is 0. The van der Waals surface area contributed by atoms with Gasteiger partial charge in [0.05, 0.1) is 16.7 Å². The summed E-state index contributed by atoms with van der Waals surface area (Å²) in [6.07, 6.45) is 4.19. The zero-order valence-electron chi connectivity index (χ0n) is 34.6. The molecule has 61 heavy (non-hydrogen) atoms. The van der Waals surface area contributed by atoms with Crippen LogP contribution in [0.3, 0.4) is 0 Å². The van der Waals surface area contributed by atoms with Crippen LogP contribution in [0.4, 0.5) is 15.8 Å². The van der Waals surface area contributed by atoms with E-state index < -0.39 is 29.9 Å². The predicted octanol–water partition coefficient (Wildman–Crippen LogP) is 3.04. The number of benzene rings is 2. The van der Waals surface area contributed by atoms with Crippen molar-refractivity contribution in [3.05, 3.63) is 81.4 Å². The van der Waals surface area contributed by atoms with Crippen LogP contribution in [0, 0.1) is 19.7 Å². The minimum Gasteiger partial charge on any atom is -0.384 e. The minimum absolute atomic E-state index is 0.0181. The third-order valence-corrected chi connectivity index (χ3v) is 11.9. The van der Waals surface area contributed by atoms with Crippen LogP contribution in [0.1, 0.15) is 100.0 Å². The molecule has 0 saturated carbocycles. The van der Waals surface area contributed by atoms with Crippen molar-refractivity contribution in [2.24, 2.45) is 0 Å². The van der Waals surface area contributed by atoms with E-state index in [0.29, 0.717) is 76.6 Å². The second kappa shape index (κ2) is 19.2. The van der Waals surface area contributed by atoms with Crippen molar-refractivity contribution in [2.45, 2.75) is 71.1 Å². The first-order valence-electron chi connectivity index (χ1n) is 21.1. The summed E-state index contributed by atoms with van der Waals surface area (Å²) in [4.78, 5) is 84.7. The lowest BCUT2D eigenvalue weighted by Gasteiger charge is -2.34. The second-order valence-corrected chi connectivity index (χ2v) is 16.1. The Labute approximate surface area is 353 Å². The van der Waals surface area contributed by atoms with Gasteiger partial charge < -0.3 is 36.3 Å². The maximum Gasteiger partial charge on any atom is 0.259 e. The number of aromatic amines is 1. The highest BCUT2D eigenvalue weighted by Crippen LogP contribution is 2.39. The Morgan fingerprint density at radius 3 is 2.44 bits per heavy atom. The molecule has 2 fully saturated rings. The molecule has 324 valence electrons. The normalized spacial score (nSPS) is 19.8. The number of imide groups is 1. The molecular weight excluding hydrogens is 786 g/mol. The number of rotatable bonds is 17. The third kappa shape index (κ3) is 9.85. The molecule has 17 heteroatoms. The standard InChI is InChI=1S/C44H54FN9O7/c1-26-34(25-31-30-24-28(45)11-12-32(30)50-40(31)57)49-27(2)38(26)42(59)48-16-7-18-52-20-22-53(23-21-52)19-17-47-36(55)10-4-3-5-15-46-33-9-6-8-29-39(33)44(61)54(43(29)60)35-13-14-37(56)51-41(35)58/h6,8-9,11-12,24-25,35,43,46,49,60H,3-5,7,10,13-23H2,1-2H3,(H,47,55)(H,48,59)(H,50,57)(H,51,56,58)/b31-25-. The molecule has 4 aliphatic heterocycles. The number of carbonyl (C=O) groups excluding carboxylic acids is 6. The molecule has 2 unspecified atom stereocenters. The summed E-state index contributed by atoms with van der Waals surface area (Å²) in [5, 5.41) is 25.2. The number of H-pyrrole nitrogens is 1. The molecule has 7 rings (SSSR count). The number of amides is 6. The number of aliphatic hydroxyl groups is 1. The smallest absolute Gasteiger partial charge is 0.259 e. The number of aromatic nitrogens is 1. The predicted molar refractivity (Wildman–Crippen MR) is 227 cm³/mol. The molecule has 2 saturated heterocycles. The van der Waals surface area contributed by atoms with Crippen molar-refractivity contribution in [1.82, 2.24) is 35.6 Å². The number of aliphatic hydroxyl groups excluding tert-OH is 1. The molecule has 7 N–H and O–H groups in total. The summed E-state index contributed by atoms with van der Waals surface area (Å²) in [6.45, 7) is 10.6. The van der Waals surface area contributed by atoms with Gasteiger partial charge in [0.1, 0.15) is 11.9 Å². The number of hydrogen-bond donors (Lipinski definition) is 7. The molecule has 6 amide bonds. The first-order valence-corrected chi connectivity index (χ1v) is 21.1. The number of halogens is 1. The van der Waals surface area contributed by atoms with E-state index in [0.717, 1.165) is 75.4 Å². The Morgan fingerprint density at radius 2 is 1.67 bits per heavy atom. The Kier molecular flexibility index (Phi) is 13.6. The molecule has 5 heterocycles. The number of carbonyl (C=O) groups is 6. The van der Waals surface area contributed by atoms with Gasteiger partial charge in [-0.3, -0.25) is 43.9 Å². The first-order chi connectivity index (χ1) is 29.4. The molecule has 1 aromatic heterocycles. The largest absolute Gasteiger partial charge is 0.384 e. The monoisotopic (exact) mass is 839 g/mol. The van der Waals surface area contributed by atoms with Gasteiger partial charge in [-0.1, -0.05) is 18.6 Å². The van der Waals surface area contributed by atoms with Crippen LogP contribution in [0.25, 0.3) is 11.6 Å². The molecule has 0 spiro atoms. The molecule has 2 atom stereocenters. The number of piperidine rings is 1. The van der Waals surface area contributed by atoms with Gasteiger partial charge in [0.25, 0.3) is 17.7 Å². The lowest BCUT2D eigenvalue weighted by molar-refractivity contribution is -0.139. The van der Waals surface area contributed by atoms with Crippen molar-refractivity contribution >= 4 is 58.5 Å². The molecule has 0 bridgehead atoms. The van der Waals surface area contributed by atoms with Gasteiger partial charge in [-0.25, -0.2) is 4.39 Å². The number of nitrogens with one attached hydrogen (secondary N) is 6. The fourth-order valence-corrected chi connectivity index (χ4v) is 8.61. The fraction of sp³-hybridized carbons (Fsp3) is 0.455. The van der Waals surface area contributed by atoms with Crippen LogP contribution in [-0.4, -0.2) is 125 Å². The van der Waals surface area contributed by atoms with Gasteiger partial charge in [-0.15, -0.1) is 0 Å². The molecule has 0 radical (unpaired) electrons. The van der Waals surface area contributed by atoms with Gasteiger partial charge in [-0.05, 0) is 82.0 Å². The highest BCUT2D eigenvalue weighted by molar-refractivity contribution is 6.35. The summed E-state index contributed by atoms with van der Waals surface area (Å²) in [6, 6.07) is 8.43. The average Bonchev–Trinajstić information content (AvgIpc) is 3.80. The lowest BCUT2D eigenvalue weighted by atomic mass is 10.0. The number of piperazine rings is 1. The summed E-state index contributed by atoms with van der Waals surface area (Å²) in [5.74, 6) is -2.34. The van der Waals surface area contributed by atoms with Crippen molar-refractivity contribution in [1.29, 1.82) is 0 Å². The van der Waals surface area contributed by atoms with Crippen LogP contribution < -0.4 is 26.6 Å². The van der Waals surface area contributed by atoms with Crippen LogP contribution >= 0.6 is 0 Å². The molecule has 2 aromatic carbocycles. The van der Waals surface area contributed by atoms with E-state index in [-0.39, 0.29) is 36.5 Å². The molecular formula is C44H54FN9O7. The van der Waals surface area contributed by atoms with Gasteiger partial charge in [0.15, 0.2) is 6.23 Å². The number of anilines is 2. The number of aryl methyl sites for hydroxylation is 1. The van der Waals surface area contributed by atoms with Crippen molar-refractivity contribution in [3.63, 3.8) is 0 Å². The van der Waals surface area contributed by atoms with Crippen LogP contribution in [-0.2, 0) is 19.2 Å². The minimum atomic E-state index is -1.27. The van der Waals surface area contributed by atoms with E-state index in [1.807, 2.05) is 13.8 Å².